The number of rotatable bonds is 6. The minimum absolute atomic E-state index is 0.232. The van der Waals surface area contributed by atoms with Crippen LogP contribution in [0.4, 0.5) is 10.1 Å². The third-order valence-corrected chi connectivity index (χ3v) is 3.56. The molecule has 1 aromatic carbocycles. The van der Waals surface area contributed by atoms with Crippen molar-refractivity contribution in [3.05, 3.63) is 24.0 Å². The lowest BCUT2D eigenvalue weighted by molar-refractivity contribution is 0.172. The molecule has 0 bridgehead atoms. The summed E-state index contributed by atoms with van der Waals surface area (Å²) in [5, 5.41) is 0. The fourth-order valence-electron chi connectivity index (χ4n) is 2.37. The van der Waals surface area contributed by atoms with Gasteiger partial charge in [-0.1, -0.05) is 0 Å². The van der Waals surface area contributed by atoms with Gasteiger partial charge in [-0.15, -0.1) is 0 Å². The van der Waals surface area contributed by atoms with Gasteiger partial charge in [0.2, 0.25) is 0 Å². The quantitative estimate of drug-likeness (QED) is 0.812. The lowest BCUT2D eigenvalue weighted by Crippen LogP contribution is -2.40. The number of hydrogen-bond donors (Lipinski definition) is 1. The first-order chi connectivity index (χ1) is 9.70. The van der Waals surface area contributed by atoms with E-state index in [9.17, 15) is 4.39 Å². The second-order valence-electron chi connectivity index (χ2n) is 5.13. The average molecular weight is 282 g/mol. The highest BCUT2D eigenvalue weighted by atomic mass is 19.1. The van der Waals surface area contributed by atoms with Gasteiger partial charge >= 0.3 is 0 Å². The first-order valence-electron chi connectivity index (χ1n) is 7.12. The monoisotopic (exact) mass is 282 g/mol. The molecular weight excluding hydrogens is 259 g/mol. The normalized spacial score (nSPS) is 16.4. The van der Waals surface area contributed by atoms with Crippen LogP contribution in [0.5, 0.6) is 5.75 Å². The molecule has 0 amide bonds. The van der Waals surface area contributed by atoms with E-state index >= 15 is 0 Å². The van der Waals surface area contributed by atoms with Crippen LogP contribution in [0.25, 0.3) is 0 Å². The van der Waals surface area contributed by atoms with Gasteiger partial charge in [0.15, 0.2) is 0 Å². The Morgan fingerprint density at radius 2 is 2.05 bits per heavy atom. The Hall–Kier alpha value is -1.33. The first kappa shape index (κ1) is 15.1. The Morgan fingerprint density at radius 1 is 1.30 bits per heavy atom. The number of nitrogens with zero attached hydrogens (tertiary/aromatic N) is 1. The second-order valence-corrected chi connectivity index (χ2v) is 5.13. The van der Waals surface area contributed by atoms with E-state index in [1.54, 1.807) is 13.2 Å². The number of halogens is 1. The van der Waals surface area contributed by atoms with Crippen LogP contribution in [-0.2, 0) is 4.74 Å². The molecule has 1 aliphatic rings. The lowest BCUT2D eigenvalue weighted by Gasteiger charge is -2.32. The van der Waals surface area contributed by atoms with Crippen molar-refractivity contribution in [2.24, 2.45) is 5.73 Å². The van der Waals surface area contributed by atoms with Crippen LogP contribution in [0.2, 0.25) is 0 Å². The smallest absolute Gasteiger partial charge is 0.150 e. The van der Waals surface area contributed by atoms with Gasteiger partial charge in [0.1, 0.15) is 11.6 Å². The summed E-state index contributed by atoms with van der Waals surface area (Å²) < 4.78 is 24.6. The van der Waals surface area contributed by atoms with E-state index in [4.69, 9.17) is 15.2 Å². The maximum absolute atomic E-state index is 14.1. The van der Waals surface area contributed by atoms with Crippen molar-refractivity contribution in [3.8, 4) is 5.75 Å². The third kappa shape index (κ3) is 4.08. The Morgan fingerprint density at radius 3 is 2.70 bits per heavy atom. The molecule has 112 valence electrons. The van der Waals surface area contributed by atoms with Crippen molar-refractivity contribution in [1.29, 1.82) is 0 Å². The number of ether oxygens (including phenoxy) is 2. The molecular formula is C15H23FN2O2. The molecule has 2 N–H and O–H groups in total. The molecule has 1 fully saturated rings. The highest BCUT2D eigenvalue weighted by molar-refractivity contribution is 5.51. The molecule has 0 atom stereocenters. The van der Waals surface area contributed by atoms with Crippen LogP contribution in [0, 0.1) is 5.82 Å². The van der Waals surface area contributed by atoms with Crippen molar-refractivity contribution in [3.63, 3.8) is 0 Å². The zero-order chi connectivity index (χ0) is 14.4. The summed E-state index contributed by atoms with van der Waals surface area (Å²) >= 11 is 0. The van der Waals surface area contributed by atoms with E-state index in [0.717, 1.165) is 32.4 Å². The summed E-state index contributed by atoms with van der Waals surface area (Å²) in [6, 6.07) is 5.31. The van der Waals surface area contributed by atoms with E-state index in [2.05, 4.69) is 0 Å². The predicted molar refractivity (Wildman–Crippen MR) is 77.8 cm³/mol. The highest BCUT2D eigenvalue weighted by Gasteiger charge is 2.19. The maximum atomic E-state index is 14.1. The number of hydrogen-bond acceptors (Lipinski definition) is 4. The van der Waals surface area contributed by atoms with Crippen LogP contribution in [0.3, 0.4) is 0 Å². The summed E-state index contributed by atoms with van der Waals surface area (Å²) in [4.78, 5) is 2.05. The van der Waals surface area contributed by atoms with Crippen molar-refractivity contribution in [1.82, 2.24) is 0 Å². The zero-order valence-electron chi connectivity index (χ0n) is 12.0. The van der Waals surface area contributed by atoms with Gasteiger partial charge in [-0.3, -0.25) is 0 Å². The van der Waals surface area contributed by atoms with E-state index in [1.807, 2.05) is 11.0 Å². The largest absolute Gasteiger partial charge is 0.493 e. The molecule has 1 aromatic rings. The summed E-state index contributed by atoms with van der Waals surface area (Å²) in [7, 11) is 1.65. The van der Waals surface area contributed by atoms with E-state index < -0.39 is 0 Å². The molecule has 0 spiro atoms. The van der Waals surface area contributed by atoms with Gasteiger partial charge in [-0.05, 0) is 25.0 Å². The molecule has 1 saturated heterocycles. The summed E-state index contributed by atoms with van der Waals surface area (Å²) in [5.41, 5.74) is 6.51. The molecule has 1 heterocycles. The van der Waals surface area contributed by atoms with E-state index in [1.165, 1.54) is 6.07 Å². The van der Waals surface area contributed by atoms with Gasteiger partial charge in [-0.25, -0.2) is 4.39 Å². The van der Waals surface area contributed by atoms with Gasteiger partial charge in [-0.2, -0.15) is 0 Å². The van der Waals surface area contributed by atoms with E-state index in [-0.39, 0.29) is 11.9 Å². The SMILES string of the molecule is COCCCOc1ccc(N2CCC(N)CC2)c(F)c1. The molecule has 1 aliphatic heterocycles. The Kier molecular flexibility index (Phi) is 5.61. The molecule has 2 rings (SSSR count). The molecule has 0 radical (unpaired) electrons. The maximum Gasteiger partial charge on any atom is 0.150 e. The summed E-state index contributed by atoms with van der Waals surface area (Å²) in [5.74, 6) is 0.334. The fourth-order valence-corrected chi connectivity index (χ4v) is 2.37. The van der Waals surface area contributed by atoms with Crippen molar-refractivity contribution < 1.29 is 13.9 Å². The minimum Gasteiger partial charge on any atom is -0.493 e. The van der Waals surface area contributed by atoms with Gasteiger partial charge < -0.3 is 20.1 Å². The molecule has 20 heavy (non-hydrogen) atoms. The molecule has 0 aliphatic carbocycles. The topological polar surface area (TPSA) is 47.7 Å². The van der Waals surface area contributed by atoms with Crippen molar-refractivity contribution >= 4 is 5.69 Å². The summed E-state index contributed by atoms with van der Waals surface area (Å²) in [6.45, 7) is 2.80. The number of nitrogens with two attached hydrogens (primary N) is 1. The van der Waals surface area contributed by atoms with Crippen LogP contribution in [0.15, 0.2) is 18.2 Å². The Balaban J connectivity index is 1.92. The molecule has 4 nitrogen and oxygen atoms in total. The van der Waals surface area contributed by atoms with Crippen LogP contribution >= 0.6 is 0 Å². The third-order valence-electron chi connectivity index (χ3n) is 3.56. The van der Waals surface area contributed by atoms with E-state index in [0.29, 0.717) is 24.7 Å². The molecule has 5 heteroatoms. The van der Waals surface area contributed by atoms with Crippen molar-refractivity contribution in [2.75, 3.05) is 38.3 Å². The van der Waals surface area contributed by atoms with Crippen LogP contribution < -0.4 is 15.4 Å². The van der Waals surface area contributed by atoms with Crippen molar-refractivity contribution in [2.45, 2.75) is 25.3 Å². The standard InChI is InChI=1S/C15H23FN2O2/c1-19-9-2-10-20-13-3-4-15(14(16)11-13)18-7-5-12(17)6-8-18/h3-4,11-12H,2,5-10,17H2,1H3. The molecule has 0 saturated carbocycles. The van der Waals surface area contributed by atoms with Crippen LogP contribution in [-0.4, -0.2) is 39.5 Å². The average Bonchev–Trinajstić information content (AvgIpc) is 2.45. The minimum atomic E-state index is -0.232. The number of anilines is 1. The van der Waals surface area contributed by atoms with Crippen LogP contribution in [0.1, 0.15) is 19.3 Å². The van der Waals surface area contributed by atoms with Gasteiger partial charge in [0.25, 0.3) is 0 Å². The first-order valence-corrected chi connectivity index (χ1v) is 7.12. The number of methoxy groups -OCH3 is 1. The van der Waals surface area contributed by atoms with Gasteiger partial charge in [0, 0.05) is 45.3 Å². The number of benzene rings is 1. The summed E-state index contributed by atoms with van der Waals surface area (Å²) in [6.07, 6.45) is 2.62. The Labute approximate surface area is 119 Å². The highest BCUT2D eigenvalue weighted by Crippen LogP contribution is 2.26. The van der Waals surface area contributed by atoms with Gasteiger partial charge in [0.05, 0.1) is 12.3 Å². The fraction of sp³-hybridized carbons (Fsp3) is 0.600. The predicted octanol–water partition coefficient (Wildman–Crippen LogP) is 2.17. The zero-order valence-corrected chi connectivity index (χ0v) is 12.0. The molecule has 0 aromatic heterocycles. The lowest BCUT2D eigenvalue weighted by atomic mass is 10.1. The molecule has 0 unspecified atom stereocenters. The number of piperidine rings is 1. The Bertz CT molecular complexity index is 420. The second kappa shape index (κ2) is 7.45.